The van der Waals surface area contributed by atoms with Gasteiger partial charge in [-0.05, 0) is 0 Å². The molecule has 0 unspecified atom stereocenters. The maximum absolute atomic E-state index is 8.55. The van der Waals surface area contributed by atoms with Gasteiger partial charge >= 0.3 is 69.0 Å². The van der Waals surface area contributed by atoms with Crippen molar-refractivity contribution in [3.8, 4) is 0 Å². The normalized spacial score (nSPS) is 9.83. The molecule has 0 spiro atoms. The van der Waals surface area contributed by atoms with E-state index >= 15 is 0 Å². The summed E-state index contributed by atoms with van der Waals surface area (Å²) in [5, 5.41) is 0. The van der Waals surface area contributed by atoms with E-state index in [1.165, 1.54) is 0 Å². The summed E-state index contributed by atoms with van der Waals surface area (Å²) in [6.45, 7) is 0. The molecule has 0 atom stereocenters. The van der Waals surface area contributed by atoms with E-state index in [1.54, 1.807) is 0 Å². The first kappa shape index (κ1) is 37.1. The molecule has 0 heterocycles. The van der Waals surface area contributed by atoms with Crippen molar-refractivity contribution in [1.29, 1.82) is 0 Å². The summed E-state index contributed by atoms with van der Waals surface area (Å²) in [7, 11) is -16.2. The fraction of sp³-hybridized carbons (Fsp3) is 0. The molecule has 0 rings (SSSR count). The topological polar surface area (TPSA) is 259 Å². The molecule has 0 aromatic carbocycles. The van der Waals surface area contributed by atoms with E-state index in [0.29, 0.717) is 0 Å². The van der Waals surface area contributed by atoms with Gasteiger partial charge in [0, 0.05) is 0 Å². The molecule has 18 heavy (non-hydrogen) atoms. The standard InChI is InChI=1S/Al.2In.3H3O4P/c;;;3*1-5(2,3)4/h;;;3*(H3,1,2,3,4)/q3*+3;;;/p-9. The second kappa shape index (κ2) is 16.0. The molecule has 0 N–H and O–H groups in total. The van der Waals surface area contributed by atoms with E-state index in [0.717, 1.165) is 0 Å². The Kier molecular flexibility index (Phi) is 33.0. The summed E-state index contributed by atoms with van der Waals surface area (Å²) in [4.78, 5) is 76.9. The van der Waals surface area contributed by atoms with E-state index in [9.17, 15) is 0 Å². The molecule has 0 amide bonds. The van der Waals surface area contributed by atoms with Gasteiger partial charge in [-0.3, -0.25) is 0 Å². The Hall–Kier alpha value is 2.60. The predicted molar refractivity (Wildman–Crippen MR) is 40.1 cm³/mol. The zero-order valence-electron chi connectivity index (χ0n) is 7.97. The molecule has 0 aromatic rings. The smallest absolute Gasteiger partial charge is 0.822 e. The van der Waals surface area contributed by atoms with E-state index < -0.39 is 23.5 Å². The van der Waals surface area contributed by atoms with Crippen LogP contribution in [0.25, 0.3) is 0 Å². The third kappa shape index (κ3) is 851. The quantitative estimate of drug-likeness (QED) is 0.204. The van der Waals surface area contributed by atoms with Gasteiger partial charge in [-0.25, -0.2) is 0 Å². The summed E-state index contributed by atoms with van der Waals surface area (Å²) >= 11 is 0. The van der Waals surface area contributed by atoms with Crippen LogP contribution in [0.2, 0.25) is 0 Å². The molecular weight excluding hydrogens is 542 g/mol. The van der Waals surface area contributed by atoms with Crippen molar-refractivity contribution in [2.45, 2.75) is 0 Å². The van der Waals surface area contributed by atoms with Crippen LogP contribution >= 0.6 is 23.5 Å². The molecule has 0 aliphatic carbocycles. The van der Waals surface area contributed by atoms with Crippen LogP contribution in [0.15, 0.2) is 0 Å². The minimum Gasteiger partial charge on any atom is -0.822 e. The van der Waals surface area contributed by atoms with Crippen LogP contribution in [-0.4, -0.2) is 69.0 Å². The minimum absolute atomic E-state index is 0. The van der Waals surface area contributed by atoms with Crippen LogP contribution in [0.4, 0.5) is 0 Å². The number of hydrogen-bond donors (Lipinski definition) is 0. The predicted octanol–water partition coefficient (Wildman–Crippen LogP) is -9.62. The Morgan fingerprint density at radius 3 is 0.444 bits per heavy atom. The van der Waals surface area contributed by atoms with Gasteiger partial charge in [0.15, 0.2) is 0 Å². The Labute approximate surface area is 149 Å². The molecule has 0 saturated heterocycles. The van der Waals surface area contributed by atoms with Crippen LogP contribution in [0.3, 0.4) is 0 Å². The van der Waals surface area contributed by atoms with Gasteiger partial charge in [0.25, 0.3) is 0 Å². The van der Waals surface area contributed by atoms with Gasteiger partial charge in [-0.15, -0.1) is 0 Å². The fourth-order valence-electron chi connectivity index (χ4n) is 0. The van der Waals surface area contributed by atoms with Crippen LogP contribution < -0.4 is 44.0 Å². The molecule has 0 fully saturated rings. The van der Waals surface area contributed by atoms with E-state index in [2.05, 4.69) is 0 Å². The molecule has 12 nitrogen and oxygen atoms in total. The van der Waals surface area contributed by atoms with Crippen LogP contribution in [0.5, 0.6) is 0 Å². The fourth-order valence-corrected chi connectivity index (χ4v) is 0. The molecule has 0 bridgehead atoms. The van der Waals surface area contributed by atoms with Crippen molar-refractivity contribution in [2.75, 3.05) is 0 Å². The first-order valence-corrected chi connectivity index (χ1v) is 6.57. The Balaban J connectivity index is -0.0000000277. The third-order valence-electron chi connectivity index (χ3n) is 0. The van der Waals surface area contributed by atoms with E-state index in [1.807, 2.05) is 0 Å². The van der Waals surface area contributed by atoms with E-state index in [4.69, 9.17) is 57.7 Å². The van der Waals surface area contributed by atoms with Crippen LogP contribution in [0.1, 0.15) is 0 Å². The summed E-state index contributed by atoms with van der Waals surface area (Å²) in [6, 6.07) is 0. The summed E-state index contributed by atoms with van der Waals surface area (Å²) in [5.74, 6) is 0. The molecule has 0 aromatic heterocycles. The number of hydrogen-bond acceptors (Lipinski definition) is 12. The SMILES string of the molecule is O=P([O-])([O-])[O-].O=P([O-])([O-])[O-].O=P([O-])([O-])[O-].[Al+3].[In+3].[In+3]. The van der Waals surface area contributed by atoms with Gasteiger partial charge in [0.05, 0.1) is 0 Å². The molecule has 0 saturated carbocycles. The van der Waals surface area contributed by atoms with Gasteiger partial charge in [-0.1, -0.05) is 0 Å². The molecule has 18 heteroatoms. The summed E-state index contributed by atoms with van der Waals surface area (Å²) < 4.78 is 25.6. The van der Waals surface area contributed by atoms with Crippen molar-refractivity contribution in [1.82, 2.24) is 0 Å². The monoisotopic (exact) mass is 542 g/mol. The molecule has 0 aliphatic heterocycles. The number of phosphoric acid groups is 3. The summed E-state index contributed by atoms with van der Waals surface area (Å²) in [6.07, 6.45) is 0. The third-order valence-corrected chi connectivity index (χ3v) is 0. The van der Waals surface area contributed by atoms with Crippen molar-refractivity contribution >= 4 is 92.5 Å². The molecular formula is AlIn2O12P3. The van der Waals surface area contributed by atoms with Gasteiger partial charge in [0.2, 0.25) is 0 Å². The van der Waals surface area contributed by atoms with Crippen LogP contribution in [0, 0.1) is 0 Å². The number of rotatable bonds is 0. The maximum Gasteiger partial charge on any atom is 3.00 e. The average molecular weight is 542 g/mol. The first-order valence-electron chi connectivity index (χ1n) is 2.19. The average Bonchev–Trinajstić information content (AvgIpc) is 1.41. The molecule has 0 radical (unpaired) electrons. The Bertz CT molecular complexity index is 211. The molecule has 0 aliphatic rings. The molecule has 96 valence electrons. The zero-order valence-corrected chi connectivity index (χ0v) is 18.4. The van der Waals surface area contributed by atoms with Crippen LogP contribution in [-0.2, 0) is 13.7 Å². The zero-order chi connectivity index (χ0) is 13.5. The second-order valence-electron chi connectivity index (χ2n) is 1.34. The van der Waals surface area contributed by atoms with Gasteiger partial charge < -0.3 is 57.7 Å². The largest absolute Gasteiger partial charge is 3.00 e. The maximum atomic E-state index is 8.55. The second-order valence-corrected chi connectivity index (χ2v) is 4.02. The minimum atomic E-state index is -5.39. The van der Waals surface area contributed by atoms with Gasteiger partial charge in [-0.2, -0.15) is 23.5 Å². The first-order chi connectivity index (χ1) is 6.00. The van der Waals surface area contributed by atoms with E-state index in [-0.39, 0.29) is 69.0 Å². The van der Waals surface area contributed by atoms with Crippen molar-refractivity contribution in [2.24, 2.45) is 0 Å². The van der Waals surface area contributed by atoms with Crippen molar-refractivity contribution < 1.29 is 57.7 Å². The Morgan fingerprint density at radius 2 is 0.444 bits per heavy atom. The van der Waals surface area contributed by atoms with Gasteiger partial charge in [0.1, 0.15) is 0 Å². The van der Waals surface area contributed by atoms with Crippen molar-refractivity contribution in [3.05, 3.63) is 0 Å². The summed E-state index contributed by atoms with van der Waals surface area (Å²) in [5.41, 5.74) is 0. The van der Waals surface area contributed by atoms with Crippen molar-refractivity contribution in [3.63, 3.8) is 0 Å². The Morgan fingerprint density at radius 1 is 0.444 bits per heavy atom.